The molecule has 1 atom stereocenters. The average Bonchev–Trinajstić information content (AvgIpc) is 2.67. The molecule has 2 rings (SSSR count). The number of sulfone groups is 1. The van der Waals surface area contributed by atoms with Crippen LogP contribution in [0.3, 0.4) is 0 Å². The molecule has 9 nitrogen and oxygen atoms in total. The lowest BCUT2D eigenvalue weighted by molar-refractivity contribution is -0.387. The lowest BCUT2D eigenvalue weighted by Gasteiger charge is -2.15. The molecule has 0 heterocycles. The predicted octanol–water partition coefficient (Wildman–Crippen LogP) is 3.85. The van der Waals surface area contributed by atoms with Crippen molar-refractivity contribution in [2.75, 3.05) is 11.6 Å². The fourth-order valence-electron chi connectivity index (χ4n) is 2.41. The SMILES string of the molecule is C[C@@H](OC(=O)c1ccc(S(C)(=O)=O)c([N+](=O)[O-])c1)C(=O)Nc1cc(C(F)(F)F)ccc1Cl. The highest BCUT2D eigenvalue weighted by Crippen LogP contribution is 2.34. The fourth-order valence-corrected chi connectivity index (χ4v) is 3.41. The molecule has 0 radical (unpaired) electrons. The molecular formula is C18H14ClF3N2O7S. The van der Waals surface area contributed by atoms with Gasteiger partial charge >= 0.3 is 12.1 Å². The molecule has 2 aromatic rings. The third kappa shape index (κ3) is 5.95. The minimum atomic E-state index is -4.69. The molecule has 0 aliphatic rings. The summed E-state index contributed by atoms with van der Waals surface area (Å²) in [5, 5.41) is 13.0. The molecule has 0 saturated carbocycles. The van der Waals surface area contributed by atoms with Crippen molar-refractivity contribution in [2.24, 2.45) is 0 Å². The Morgan fingerprint density at radius 3 is 2.34 bits per heavy atom. The second-order valence-corrected chi connectivity index (χ2v) is 8.83. The molecule has 172 valence electrons. The van der Waals surface area contributed by atoms with Gasteiger partial charge in [0.1, 0.15) is 4.90 Å². The van der Waals surface area contributed by atoms with Gasteiger partial charge in [0.05, 0.1) is 26.8 Å². The number of hydrogen-bond donors (Lipinski definition) is 1. The van der Waals surface area contributed by atoms with Gasteiger partial charge < -0.3 is 10.1 Å². The van der Waals surface area contributed by atoms with E-state index in [9.17, 15) is 41.3 Å². The van der Waals surface area contributed by atoms with Gasteiger partial charge in [-0.3, -0.25) is 14.9 Å². The number of nitro benzene ring substituents is 1. The number of nitro groups is 1. The summed E-state index contributed by atoms with van der Waals surface area (Å²) < 4.78 is 66.7. The van der Waals surface area contributed by atoms with Gasteiger partial charge in [0.15, 0.2) is 15.9 Å². The number of nitrogens with zero attached hydrogens (tertiary/aromatic N) is 1. The quantitative estimate of drug-likeness (QED) is 0.366. The summed E-state index contributed by atoms with van der Waals surface area (Å²) in [7, 11) is -3.96. The number of ether oxygens (including phenoxy) is 1. The number of amides is 1. The minimum Gasteiger partial charge on any atom is -0.449 e. The third-order valence-corrected chi connectivity index (χ3v) is 5.47. The Kier molecular flexibility index (Phi) is 7.15. The topological polar surface area (TPSA) is 133 Å². The van der Waals surface area contributed by atoms with E-state index in [2.05, 4.69) is 5.32 Å². The fraction of sp³-hybridized carbons (Fsp3) is 0.222. The predicted molar refractivity (Wildman–Crippen MR) is 106 cm³/mol. The number of carbonyl (C=O) groups excluding carboxylic acids is 2. The Morgan fingerprint density at radius 1 is 1.19 bits per heavy atom. The van der Waals surface area contributed by atoms with Crippen LogP contribution in [0, 0.1) is 10.1 Å². The first-order valence-electron chi connectivity index (χ1n) is 8.48. The number of halogens is 4. The summed E-state index contributed by atoms with van der Waals surface area (Å²) in [6.45, 7) is 1.11. The van der Waals surface area contributed by atoms with Crippen LogP contribution >= 0.6 is 11.6 Å². The number of carbonyl (C=O) groups is 2. The summed E-state index contributed by atoms with van der Waals surface area (Å²) in [6.07, 6.45) is -5.48. The summed E-state index contributed by atoms with van der Waals surface area (Å²) in [4.78, 5) is 34.0. The second-order valence-electron chi connectivity index (χ2n) is 6.44. The molecular weight excluding hydrogens is 481 g/mol. The molecule has 1 N–H and O–H groups in total. The van der Waals surface area contributed by atoms with Gasteiger partial charge in [0.25, 0.3) is 11.6 Å². The van der Waals surface area contributed by atoms with Crippen LogP contribution in [-0.4, -0.2) is 37.6 Å². The van der Waals surface area contributed by atoms with Crippen LogP contribution in [0.5, 0.6) is 0 Å². The Balaban J connectivity index is 2.20. The third-order valence-electron chi connectivity index (χ3n) is 4.00. The maximum atomic E-state index is 12.8. The molecule has 0 aromatic heterocycles. The summed E-state index contributed by atoms with van der Waals surface area (Å²) in [5.74, 6) is -2.23. The molecule has 1 amide bonds. The van der Waals surface area contributed by atoms with E-state index in [1.54, 1.807) is 0 Å². The van der Waals surface area contributed by atoms with E-state index in [0.717, 1.165) is 31.4 Å². The van der Waals surface area contributed by atoms with E-state index in [4.69, 9.17) is 16.3 Å². The number of benzene rings is 2. The van der Waals surface area contributed by atoms with Gasteiger partial charge in [-0.25, -0.2) is 13.2 Å². The monoisotopic (exact) mass is 494 g/mol. The molecule has 0 unspecified atom stereocenters. The molecule has 0 bridgehead atoms. The first-order chi connectivity index (χ1) is 14.6. The Bertz CT molecular complexity index is 1200. The standard InChI is InChI=1S/C18H14ClF3N2O7S/c1-9(16(25)23-13-8-11(18(20,21)22)4-5-12(13)19)31-17(26)10-3-6-15(32(2,29)30)14(7-10)24(27)28/h3-9H,1-2H3,(H,23,25)/t9-/m1/s1. The lowest BCUT2D eigenvalue weighted by atomic mass is 10.2. The molecule has 2 aromatic carbocycles. The van der Waals surface area contributed by atoms with E-state index >= 15 is 0 Å². The zero-order valence-electron chi connectivity index (χ0n) is 16.3. The highest BCUT2D eigenvalue weighted by atomic mass is 35.5. The maximum absolute atomic E-state index is 12.8. The first kappa shape index (κ1) is 25.1. The Hall–Kier alpha value is -3.19. The molecule has 0 aliphatic heterocycles. The van der Waals surface area contributed by atoms with Gasteiger partial charge in [-0.2, -0.15) is 13.2 Å². The van der Waals surface area contributed by atoms with Crippen LogP contribution in [-0.2, 0) is 25.5 Å². The zero-order valence-corrected chi connectivity index (χ0v) is 17.8. The van der Waals surface area contributed by atoms with Crippen molar-refractivity contribution < 1.29 is 40.8 Å². The number of hydrogen-bond acceptors (Lipinski definition) is 7. The highest BCUT2D eigenvalue weighted by molar-refractivity contribution is 7.90. The van der Waals surface area contributed by atoms with E-state index in [1.165, 1.54) is 0 Å². The Morgan fingerprint density at radius 2 is 1.81 bits per heavy atom. The summed E-state index contributed by atoms with van der Waals surface area (Å²) in [6, 6.07) is 4.72. The van der Waals surface area contributed by atoms with Crippen LogP contribution in [0.15, 0.2) is 41.3 Å². The van der Waals surface area contributed by atoms with Gasteiger partial charge in [-0.15, -0.1) is 0 Å². The van der Waals surface area contributed by atoms with Crippen molar-refractivity contribution in [1.82, 2.24) is 0 Å². The highest BCUT2D eigenvalue weighted by Gasteiger charge is 2.31. The van der Waals surface area contributed by atoms with Crippen LogP contribution in [0.25, 0.3) is 0 Å². The van der Waals surface area contributed by atoms with Crippen molar-refractivity contribution in [3.63, 3.8) is 0 Å². The molecule has 14 heteroatoms. The maximum Gasteiger partial charge on any atom is 0.416 e. The smallest absolute Gasteiger partial charge is 0.416 e. The van der Waals surface area contributed by atoms with E-state index < -0.39 is 60.6 Å². The normalized spacial score (nSPS) is 12.7. The average molecular weight is 495 g/mol. The molecule has 0 saturated heterocycles. The summed E-state index contributed by atoms with van der Waals surface area (Å²) in [5.41, 5.74) is -2.72. The lowest BCUT2D eigenvalue weighted by Crippen LogP contribution is -2.30. The van der Waals surface area contributed by atoms with Crippen LogP contribution in [0.1, 0.15) is 22.8 Å². The summed E-state index contributed by atoms with van der Waals surface area (Å²) >= 11 is 5.79. The van der Waals surface area contributed by atoms with Crippen LogP contribution in [0.2, 0.25) is 5.02 Å². The van der Waals surface area contributed by atoms with Crippen molar-refractivity contribution in [1.29, 1.82) is 0 Å². The van der Waals surface area contributed by atoms with E-state index in [-0.39, 0.29) is 10.7 Å². The molecule has 0 fully saturated rings. The van der Waals surface area contributed by atoms with Gasteiger partial charge in [-0.1, -0.05) is 11.6 Å². The van der Waals surface area contributed by atoms with Gasteiger partial charge in [0.2, 0.25) is 0 Å². The van der Waals surface area contributed by atoms with Crippen LogP contribution in [0.4, 0.5) is 24.5 Å². The van der Waals surface area contributed by atoms with E-state index in [0.29, 0.717) is 18.2 Å². The molecule has 32 heavy (non-hydrogen) atoms. The van der Waals surface area contributed by atoms with Gasteiger partial charge in [0, 0.05) is 12.3 Å². The van der Waals surface area contributed by atoms with Crippen molar-refractivity contribution in [2.45, 2.75) is 24.1 Å². The number of esters is 1. The van der Waals surface area contributed by atoms with Crippen molar-refractivity contribution >= 4 is 44.7 Å². The largest absolute Gasteiger partial charge is 0.449 e. The second kappa shape index (κ2) is 9.12. The van der Waals surface area contributed by atoms with E-state index in [1.807, 2.05) is 0 Å². The number of nitrogens with one attached hydrogen (secondary N) is 1. The first-order valence-corrected chi connectivity index (χ1v) is 10.7. The number of alkyl halides is 3. The van der Waals surface area contributed by atoms with Crippen LogP contribution < -0.4 is 5.32 Å². The number of rotatable bonds is 6. The van der Waals surface area contributed by atoms with Gasteiger partial charge in [-0.05, 0) is 37.3 Å². The minimum absolute atomic E-state index is 0.197. The Labute approximate surface area is 184 Å². The molecule has 0 spiro atoms. The zero-order chi connectivity index (χ0) is 24.4. The van der Waals surface area contributed by atoms with Crippen molar-refractivity contribution in [3.05, 3.63) is 62.7 Å². The number of anilines is 1. The van der Waals surface area contributed by atoms with Crippen molar-refractivity contribution in [3.8, 4) is 0 Å². The molecule has 0 aliphatic carbocycles.